The Hall–Kier alpha value is -3.29. The van der Waals surface area contributed by atoms with E-state index in [4.69, 9.17) is 0 Å². The van der Waals surface area contributed by atoms with Crippen LogP contribution in [0.5, 0.6) is 0 Å². The fourth-order valence-corrected chi connectivity index (χ4v) is 4.13. The number of benzene rings is 2. The summed E-state index contributed by atoms with van der Waals surface area (Å²) in [5.41, 5.74) is 1.58. The summed E-state index contributed by atoms with van der Waals surface area (Å²) < 4.78 is 13.1. The van der Waals surface area contributed by atoms with Gasteiger partial charge in [-0.05, 0) is 43.0 Å². The molecule has 0 aromatic heterocycles. The number of nitro groups is 1. The quantitative estimate of drug-likeness (QED) is 0.572. The van der Waals surface area contributed by atoms with E-state index in [0.29, 0.717) is 37.3 Å². The summed E-state index contributed by atoms with van der Waals surface area (Å²) >= 11 is 0. The van der Waals surface area contributed by atoms with Crippen molar-refractivity contribution in [1.29, 1.82) is 0 Å². The lowest BCUT2D eigenvalue weighted by Gasteiger charge is -2.35. The fraction of sp³-hybridized carbons (Fsp3) is 0.364. The SMILES string of the molecule is Cc1c(C(=O)N2CCN(C(=O)C3CC3c3ccc(F)cc3)CC2)cccc1[N+](=O)[O-]. The van der Waals surface area contributed by atoms with Crippen LogP contribution in [0.15, 0.2) is 42.5 Å². The minimum Gasteiger partial charge on any atom is -0.339 e. The summed E-state index contributed by atoms with van der Waals surface area (Å²) in [6, 6.07) is 10.8. The Bertz CT molecular complexity index is 1000. The Morgan fingerprint density at radius 1 is 1.03 bits per heavy atom. The summed E-state index contributed by atoms with van der Waals surface area (Å²) in [5, 5.41) is 11.1. The molecule has 0 bridgehead atoms. The molecule has 2 aromatic carbocycles. The van der Waals surface area contributed by atoms with Crippen LogP contribution in [0.25, 0.3) is 0 Å². The van der Waals surface area contributed by atoms with E-state index in [9.17, 15) is 24.1 Å². The summed E-state index contributed by atoms with van der Waals surface area (Å²) in [6.07, 6.45) is 0.760. The van der Waals surface area contributed by atoms with Crippen molar-refractivity contribution >= 4 is 17.5 Å². The standard InChI is InChI=1S/C22H22FN3O4/c1-14-17(3-2-4-20(14)26(29)30)21(27)24-9-11-25(12-10-24)22(28)19-13-18(19)15-5-7-16(23)8-6-15/h2-8,18-19H,9-13H2,1H3. The lowest BCUT2D eigenvalue weighted by atomic mass is 10.0. The number of piperazine rings is 1. The van der Waals surface area contributed by atoms with Crippen LogP contribution in [0.1, 0.15) is 33.8 Å². The van der Waals surface area contributed by atoms with E-state index in [1.165, 1.54) is 24.3 Å². The molecule has 1 aliphatic carbocycles. The van der Waals surface area contributed by atoms with Gasteiger partial charge in [-0.2, -0.15) is 0 Å². The van der Waals surface area contributed by atoms with Crippen LogP contribution >= 0.6 is 0 Å². The Balaban J connectivity index is 1.36. The van der Waals surface area contributed by atoms with Crippen LogP contribution in [0.3, 0.4) is 0 Å². The maximum Gasteiger partial charge on any atom is 0.273 e. The van der Waals surface area contributed by atoms with E-state index >= 15 is 0 Å². The molecule has 0 spiro atoms. The molecule has 30 heavy (non-hydrogen) atoms. The average Bonchev–Trinajstić information content (AvgIpc) is 3.54. The summed E-state index contributed by atoms with van der Waals surface area (Å²) in [7, 11) is 0. The van der Waals surface area contributed by atoms with Crippen LogP contribution < -0.4 is 0 Å². The first-order valence-electron chi connectivity index (χ1n) is 9.94. The Morgan fingerprint density at radius 3 is 2.30 bits per heavy atom. The number of nitrogens with zero attached hydrogens (tertiary/aromatic N) is 3. The molecule has 2 aromatic rings. The van der Waals surface area contributed by atoms with Gasteiger partial charge in [0, 0.05) is 49.3 Å². The molecule has 2 unspecified atom stereocenters. The second-order valence-electron chi connectivity index (χ2n) is 7.82. The first-order chi connectivity index (χ1) is 14.4. The van der Waals surface area contributed by atoms with Crippen molar-refractivity contribution in [1.82, 2.24) is 9.80 Å². The van der Waals surface area contributed by atoms with Gasteiger partial charge in [0.05, 0.1) is 4.92 Å². The van der Waals surface area contributed by atoms with Gasteiger partial charge in [0.2, 0.25) is 5.91 Å². The van der Waals surface area contributed by atoms with E-state index < -0.39 is 4.92 Å². The minimum atomic E-state index is -0.490. The van der Waals surface area contributed by atoms with Crippen molar-refractivity contribution in [2.24, 2.45) is 5.92 Å². The molecule has 7 nitrogen and oxygen atoms in total. The van der Waals surface area contributed by atoms with Gasteiger partial charge in [-0.1, -0.05) is 18.2 Å². The van der Waals surface area contributed by atoms with Gasteiger partial charge < -0.3 is 9.80 Å². The third kappa shape index (κ3) is 3.77. The second kappa shape index (κ2) is 7.85. The van der Waals surface area contributed by atoms with Crippen molar-refractivity contribution in [3.05, 3.63) is 75.1 Å². The van der Waals surface area contributed by atoms with E-state index in [-0.39, 0.29) is 35.2 Å². The highest BCUT2D eigenvalue weighted by Gasteiger charge is 2.46. The molecule has 4 rings (SSSR count). The maximum atomic E-state index is 13.1. The zero-order chi connectivity index (χ0) is 21.4. The van der Waals surface area contributed by atoms with Gasteiger partial charge in [-0.25, -0.2) is 4.39 Å². The van der Waals surface area contributed by atoms with Crippen LogP contribution in [0.2, 0.25) is 0 Å². The number of nitro benzene ring substituents is 1. The van der Waals surface area contributed by atoms with E-state index in [1.807, 2.05) is 0 Å². The van der Waals surface area contributed by atoms with Crippen LogP contribution in [0, 0.1) is 28.8 Å². The summed E-state index contributed by atoms with van der Waals surface area (Å²) in [4.78, 5) is 39.7. The molecular weight excluding hydrogens is 389 g/mol. The molecule has 8 heteroatoms. The predicted octanol–water partition coefficient (Wildman–Crippen LogP) is 3.13. The molecule has 156 valence electrons. The number of halogens is 1. The van der Waals surface area contributed by atoms with E-state index in [1.54, 1.807) is 34.9 Å². The smallest absolute Gasteiger partial charge is 0.273 e. The Morgan fingerprint density at radius 2 is 1.67 bits per heavy atom. The summed E-state index contributed by atoms with van der Waals surface area (Å²) in [6.45, 7) is 3.23. The largest absolute Gasteiger partial charge is 0.339 e. The number of hydrogen-bond acceptors (Lipinski definition) is 4. The monoisotopic (exact) mass is 411 g/mol. The highest BCUT2D eigenvalue weighted by Crippen LogP contribution is 2.48. The first kappa shape index (κ1) is 20.0. The van der Waals surface area contributed by atoms with Gasteiger partial charge in [-0.3, -0.25) is 19.7 Å². The van der Waals surface area contributed by atoms with Crippen LogP contribution in [-0.2, 0) is 4.79 Å². The molecule has 2 atom stereocenters. The third-order valence-corrected chi connectivity index (χ3v) is 6.02. The van der Waals surface area contributed by atoms with Crippen LogP contribution in [-0.4, -0.2) is 52.7 Å². The van der Waals surface area contributed by atoms with Crippen molar-refractivity contribution in [2.75, 3.05) is 26.2 Å². The molecule has 1 heterocycles. The number of amides is 2. The lowest BCUT2D eigenvalue weighted by molar-refractivity contribution is -0.385. The van der Waals surface area contributed by atoms with Crippen LogP contribution in [0.4, 0.5) is 10.1 Å². The number of carbonyl (C=O) groups excluding carboxylic acids is 2. The third-order valence-electron chi connectivity index (χ3n) is 6.02. The Labute approximate surface area is 173 Å². The summed E-state index contributed by atoms with van der Waals surface area (Å²) in [5.74, 6) is -0.425. The molecular formula is C22H22FN3O4. The highest BCUT2D eigenvalue weighted by molar-refractivity contribution is 5.96. The number of hydrogen-bond donors (Lipinski definition) is 0. The van der Waals surface area contributed by atoms with Gasteiger partial charge in [-0.15, -0.1) is 0 Å². The fourth-order valence-electron chi connectivity index (χ4n) is 4.13. The topological polar surface area (TPSA) is 83.8 Å². The number of carbonyl (C=O) groups is 2. The van der Waals surface area contributed by atoms with Crippen molar-refractivity contribution in [3.63, 3.8) is 0 Å². The van der Waals surface area contributed by atoms with Crippen molar-refractivity contribution < 1.29 is 18.9 Å². The zero-order valence-corrected chi connectivity index (χ0v) is 16.6. The normalized spacial score (nSPS) is 20.7. The second-order valence-corrected chi connectivity index (χ2v) is 7.82. The maximum absolute atomic E-state index is 13.1. The predicted molar refractivity (Wildman–Crippen MR) is 108 cm³/mol. The molecule has 2 amide bonds. The minimum absolute atomic E-state index is 0.0722. The molecule has 2 fully saturated rings. The van der Waals surface area contributed by atoms with Crippen molar-refractivity contribution in [3.8, 4) is 0 Å². The first-order valence-corrected chi connectivity index (χ1v) is 9.94. The van der Waals surface area contributed by atoms with Gasteiger partial charge >= 0.3 is 0 Å². The van der Waals surface area contributed by atoms with Gasteiger partial charge in [0.25, 0.3) is 11.6 Å². The van der Waals surface area contributed by atoms with E-state index in [0.717, 1.165) is 12.0 Å². The Kier molecular flexibility index (Phi) is 5.24. The lowest BCUT2D eigenvalue weighted by Crippen LogP contribution is -2.51. The molecule has 1 aliphatic heterocycles. The van der Waals surface area contributed by atoms with Gasteiger partial charge in [0.15, 0.2) is 0 Å². The number of rotatable bonds is 4. The molecule has 2 aliphatic rings. The molecule has 1 saturated heterocycles. The van der Waals surface area contributed by atoms with Gasteiger partial charge in [0.1, 0.15) is 5.82 Å². The molecule has 1 saturated carbocycles. The molecule has 0 N–H and O–H groups in total. The molecule has 0 radical (unpaired) electrons. The highest BCUT2D eigenvalue weighted by atomic mass is 19.1. The zero-order valence-electron chi connectivity index (χ0n) is 16.6. The average molecular weight is 411 g/mol. The van der Waals surface area contributed by atoms with Crippen molar-refractivity contribution in [2.45, 2.75) is 19.3 Å². The van der Waals surface area contributed by atoms with E-state index in [2.05, 4.69) is 0 Å².